The van der Waals surface area contributed by atoms with E-state index in [0.29, 0.717) is 22.7 Å². The summed E-state index contributed by atoms with van der Waals surface area (Å²) in [7, 11) is 0. The quantitative estimate of drug-likeness (QED) is 0.102. The fraction of sp³-hybridized carbons (Fsp3) is 0.929. The molecule has 0 aliphatic carbocycles. The third kappa shape index (κ3) is 28.3. The number of amides is 2. The molecule has 0 bridgehead atoms. The summed E-state index contributed by atoms with van der Waals surface area (Å²) in [5, 5.41) is 5.62. The summed E-state index contributed by atoms with van der Waals surface area (Å²) in [6.07, 6.45) is 12.9. The molecule has 0 rings (SSSR count). The maximum atomic E-state index is 11.6. The van der Waals surface area contributed by atoms with E-state index in [-0.39, 0.29) is 12.2 Å². The fourth-order valence-electron chi connectivity index (χ4n) is 3.54. The van der Waals surface area contributed by atoms with Gasteiger partial charge in [0.2, 0.25) is 0 Å². The second kappa shape index (κ2) is 21.3. The van der Waals surface area contributed by atoms with Gasteiger partial charge in [0.25, 0.3) is 0 Å². The maximum Gasteiger partial charge on any atom is 0.407 e. The molecule has 0 aromatic heterocycles. The minimum atomic E-state index is -0.443. The SMILES string of the molecule is CC(C)(C)OC(=O)NCCCCCCCC(Br)COCC(Br)CCCCCCCNC(=O)OC(C)(C)C. The number of hydrogen-bond acceptors (Lipinski definition) is 5. The highest BCUT2D eigenvalue weighted by molar-refractivity contribution is 9.09. The Balaban J connectivity index is 3.47. The van der Waals surface area contributed by atoms with E-state index in [1.54, 1.807) is 0 Å². The number of halogens is 2. The normalized spacial score (nSPS) is 13.6. The van der Waals surface area contributed by atoms with E-state index in [2.05, 4.69) is 42.5 Å². The van der Waals surface area contributed by atoms with Crippen molar-refractivity contribution in [2.45, 2.75) is 139 Å². The average Bonchev–Trinajstić information content (AvgIpc) is 2.75. The van der Waals surface area contributed by atoms with E-state index < -0.39 is 11.2 Å². The van der Waals surface area contributed by atoms with Crippen molar-refractivity contribution < 1.29 is 23.8 Å². The number of rotatable bonds is 20. The van der Waals surface area contributed by atoms with E-state index in [0.717, 1.165) is 51.7 Å². The molecule has 0 aromatic rings. The molecule has 2 amide bonds. The number of hydrogen-bond donors (Lipinski definition) is 2. The van der Waals surface area contributed by atoms with Gasteiger partial charge in [-0.15, -0.1) is 0 Å². The molecule has 0 saturated carbocycles. The molecule has 9 heteroatoms. The predicted molar refractivity (Wildman–Crippen MR) is 160 cm³/mol. The van der Waals surface area contributed by atoms with Gasteiger partial charge < -0.3 is 24.8 Å². The summed E-state index contributed by atoms with van der Waals surface area (Å²) >= 11 is 7.49. The summed E-state index contributed by atoms with van der Waals surface area (Å²) in [5.74, 6) is 0. The van der Waals surface area contributed by atoms with Crippen LogP contribution < -0.4 is 10.6 Å². The van der Waals surface area contributed by atoms with Gasteiger partial charge in [-0.2, -0.15) is 0 Å². The number of carbonyl (C=O) groups is 2. The standard InChI is InChI=1S/C28H54Br2N2O5/c1-27(2,3)36-25(33)31-19-15-11-7-9-13-17-23(29)21-35-22-24(30)18-14-10-8-12-16-20-32-26(34)37-28(4,5)6/h23-24H,7-22H2,1-6H3,(H,31,33)(H,32,34). The van der Waals surface area contributed by atoms with Crippen molar-refractivity contribution >= 4 is 44.0 Å². The second-order valence-electron chi connectivity index (χ2n) is 11.7. The molecule has 0 heterocycles. The van der Waals surface area contributed by atoms with Crippen LogP contribution in [0.5, 0.6) is 0 Å². The average molecular weight is 659 g/mol. The van der Waals surface area contributed by atoms with Crippen molar-refractivity contribution in [2.75, 3.05) is 26.3 Å². The molecule has 2 N–H and O–H groups in total. The molecule has 0 aromatic carbocycles. The van der Waals surface area contributed by atoms with E-state index in [9.17, 15) is 9.59 Å². The smallest absolute Gasteiger partial charge is 0.407 e. The molecular weight excluding hydrogens is 604 g/mol. The van der Waals surface area contributed by atoms with Gasteiger partial charge in [-0.05, 0) is 67.2 Å². The van der Waals surface area contributed by atoms with E-state index in [1.165, 1.54) is 38.5 Å². The Morgan fingerprint density at radius 3 is 1.27 bits per heavy atom. The first-order valence-corrected chi connectivity index (χ1v) is 15.9. The molecule has 220 valence electrons. The molecule has 0 saturated heterocycles. The Hall–Kier alpha value is -0.540. The van der Waals surface area contributed by atoms with E-state index in [1.807, 2.05) is 41.5 Å². The molecule has 0 fully saturated rings. The minimum Gasteiger partial charge on any atom is -0.444 e. The molecule has 0 radical (unpaired) electrons. The number of alkyl carbamates (subject to hydrolysis) is 2. The Bertz CT molecular complexity index is 544. The van der Waals surface area contributed by atoms with E-state index >= 15 is 0 Å². The van der Waals surface area contributed by atoms with Gasteiger partial charge in [-0.3, -0.25) is 0 Å². The number of carbonyl (C=O) groups excluding carboxylic acids is 2. The Morgan fingerprint density at radius 2 is 0.919 bits per heavy atom. The molecule has 37 heavy (non-hydrogen) atoms. The van der Waals surface area contributed by atoms with Crippen LogP contribution in [-0.4, -0.2) is 59.3 Å². The molecule has 2 unspecified atom stereocenters. The van der Waals surface area contributed by atoms with Gasteiger partial charge >= 0.3 is 12.2 Å². The first-order chi connectivity index (χ1) is 17.3. The lowest BCUT2D eigenvalue weighted by atomic mass is 10.1. The molecule has 7 nitrogen and oxygen atoms in total. The van der Waals surface area contributed by atoms with Crippen LogP contribution in [0.15, 0.2) is 0 Å². The monoisotopic (exact) mass is 656 g/mol. The number of alkyl halides is 2. The van der Waals surface area contributed by atoms with E-state index in [4.69, 9.17) is 14.2 Å². The highest BCUT2D eigenvalue weighted by atomic mass is 79.9. The topological polar surface area (TPSA) is 85.9 Å². The molecular formula is C28H54Br2N2O5. The highest BCUT2D eigenvalue weighted by Gasteiger charge is 2.16. The van der Waals surface area contributed by atoms with Gasteiger partial charge in [0.15, 0.2) is 0 Å². The van der Waals surface area contributed by atoms with Crippen molar-refractivity contribution in [1.82, 2.24) is 10.6 Å². The largest absolute Gasteiger partial charge is 0.444 e. The first-order valence-electron chi connectivity index (χ1n) is 14.1. The van der Waals surface area contributed by atoms with Gasteiger partial charge in [-0.1, -0.05) is 83.2 Å². The van der Waals surface area contributed by atoms with Crippen molar-refractivity contribution in [3.05, 3.63) is 0 Å². The number of ether oxygens (including phenoxy) is 3. The van der Waals surface area contributed by atoms with Gasteiger partial charge in [-0.25, -0.2) is 9.59 Å². The van der Waals surface area contributed by atoms with Crippen LogP contribution in [-0.2, 0) is 14.2 Å². The number of nitrogens with one attached hydrogen (secondary N) is 2. The lowest BCUT2D eigenvalue weighted by molar-refractivity contribution is 0.0515. The summed E-state index contributed by atoms with van der Waals surface area (Å²) < 4.78 is 16.4. The molecule has 2 atom stereocenters. The Kier molecular flexibility index (Phi) is 21.0. The zero-order chi connectivity index (χ0) is 28.2. The second-order valence-corrected chi connectivity index (χ2v) is 14.3. The Labute approximate surface area is 243 Å². The summed E-state index contributed by atoms with van der Waals surface area (Å²) in [6.45, 7) is 14.0. The summed E-state index contributed by atoms with van der Waals surface area (Å²) in [6, 6.07) is 0. The lowest BCUT2D eigenvalue weighted by Crippen LogP contribution is -2.33. The first kappa shape index (κ1) is 36.5. The van der Waals surface area contributed by atoms with Crippen LogP contribution in [0.25, 0.3) is 0 Å². The predicted octanol–water partition coefficient (Wildman–Crippen LogP) is 8.26. The van der Waals surface area contributed by atoms with Crippen LogP contribution in [0.2, 0.25) is 0 Å². The van der Waals surface area contributed by atoms with Gasteiger partial charge in [0.1, 0.15) is 11.2 Å². The number of unbranched alkanes of at least 4 members (excludes halogenated alkanes) is 8. The molecule has 0 spiro atoms. The van der Waals surface area contributed by atoms with Crippen LogP contribution >= 0.6 is 31.9 Å². The van der Waals surface area contributed by atoms with Gasteiger partial charge in [0, 0.05) is 22.7 Å². The van der Waals surface area contributed by atoms with Crippen LogP contribution in [0.4, 0.5) is 9.59 Å². The van der Waals surface area contributed by atoms with Crippen LogP contribution in [0.1, 0.15) is 119 Å². The van der Waals surface area contributed by atoms with Crippen molar-refractivity contribution in [2.24, 2.45) is 0 Å². The van der Waals surface area contributed by atoms with Crippen molar-refractivity contribution in [3.8, 4) is 0 Å². The maximum absolute atomic E-state index is 11.6. The lowest BCUT2D eigenvalue weighted by Gasteiger charge is -2.19. The van der Waals surface area contributed by atoms with Crippen molar-refractivity contribution in [3.63, 3.8) is 0 Å². The van der Waals surface area contributed by atoms with Crippen LogP contribution in [0, 0.1) is 0 Å². The third-order valence-electron chi connectivity index (χ3n) is 5.32. The van der Waals surface area contributed by atoms with Crippen LogP contribution in [0.3, 0.4) is 0 Å². The minimum absolute atomic E-state index is 0.332. The summed E-state index contributed by atoms with van der Waals surface area (Å²) in [5.41, 5.74) is -0.887. The summed E-state index contributed by atoms with van der Waals surface area (Å²) in [4.78, 5) is 24.0. The fourth-order valence-corrected chi connectivity index (χ4v) is 4.56. The van der Waals surface area contributed by atoms with Gasteiger partial charge in [0.05, 0.1) is 13.2 Å². The zero-order valence-electron chi connectivity index (χ0n) is 24.3. The van der Waals surface area contributed by atoms with Crippen molar-refractivity contribution in [1.29, 1.82) is 0 Å². The highest BCUT2D eigenvalue weighted by Crippen LogP contribution is 2.16. The zero-order valence-corrected chi connectivity index (χ0v) is 27.4. The molecule has 0 aliphatic heterocycles. The Morgan fingerprint density at radius 1 is 0.595 bits per heavy atom. The third-order valence-corrected chi connectivity index (χ3v) is 6.77. The molecule has 0 aliphatic rings.